The highest BCUT2D eigenvalue weighted by Crippen LogP contribution is 2.29. The van der Waals surface area contributed by atoms with Crippen molar-refractivity contribution in [2.45, 2.75) is 25.3 Å². The lowest BCUT2D eigenvalue weighted by atomic mass is 9.91. The van der Waals surface area contributed by atoms with Crippen LogP contribution < -0.4 is 10.6 Å². The molecule has 1 saturated carbocycles. The zero-order valence-electron chi connectivity index (χ0n) is 8.76. The van der Waals surface area contributed by atoms with Crippen molar-refractivity contribution in [1.82, 2.24) is 4.98 Å². The molecule has 1 fully saturated rings. The van der Waals surface area contributed by atoms with Crippen molar-refractivity contribution in [2.75, 3.05) is 23.8 Å². The number of aliphatic hydroxyl groups is 1. The SMILES string of the molecule is Nc1cncc(N(CCO)C2CCC2)c1. The number of aromatic nitrogens is 1. The molecule has 15 heavy (non-hydrogen) atoms. The van der Waals surface area contributed by atoms with Gasteiger partial charge in [-0.05, 0) is 25.3 Å². The maximum atomic E-state index is 9.04. The predicted molar refractivity (Wildman–Crippen MR) is 60.7 cm³/mol. The molecule has 0 bridgehead atoms. The van der Waals surface area contributed by atoms with Crippen molar-refractivity contribution in [2.24, 2.45) is 0 Å². The van der Waals surface area contributed by atoms with Crippen LogP contribution in [0.2, 0.25) is 0 Å². The molecule has 1 aromatic rings. The second-order valence-corrected chi connectivity index (χ2v) is 3.98. The van der Waals surface area contributed by atoms with Gasteiger partial charge < -0.3 is 15.7 Å². The fourth-order valence-corrected chi connectivity index (χ4v) is 1.93. The average Bonchev–Trinajstić information content (AvgIpc) is 2.14. The quantitative estimate of drug-likeness (QED) is 0.773. The van der Waals surface area contributed by atoms with Crippen LogP contribution in [0.15, 0.2) is 18.5 Å². The third kappa shape index (κ3) is 2.21. The van der Waals surface area contributed by atoms with E-state index in [2.05, 4.69) is 9.88 Å². The summed E-state index contributed by atoms with van der Waals surface area (Å²) >= 11 is 0. The van der Waals surface area contributed by atoms with Crippen LogP contribution in [-0.4, -0.2) is 29.3 Å². The number of nitrogens with zero attached hydrogens (tertiary/aromatic N) is 2. The van der Waals surface area contributed by atoms with Crippen molar-refractivity contribution in [3.63, 3.8) is 0 Å². The number of anilines is 2. The summed E-state index contributed by atoms with van der Waals surface area (Å²) in [6, 6.07) is 2.47. The van der Waals surface area contributed by atoms with Crippen molar-refractivity contribution in [3.05, 3.63) is 18.5 Å². The summed E-state index contributed by atoms with van der Waals surface area (Å²) in [6.07, 6.45) is 7.14. The minimum absolute atomic E-state index is 0.172. The predicted octanol–water partition coefficient (Wildman–Crippen LogP) is 1.01. The van der Waals surface area contributed by atoms with E-state index in [0.717, 1.165) is 5.69 Å². The van der Waals surface area contributed by atoms with Crippen LogP contribution >= 0.6 is 0 Å². The Bertz CT molecular complexity index is 325. The van der Waals surface area contributed by atoms with E-state index >= 15 is 0 Å². The molecule has 1 aliphatic carbocycles. The molecule has 4 nitrogen and oxygen atoms in total. The van der Waals surface area contributed by atoms with Gasteiger partial charge in [-0.15, -0.1) is 0 Å². The van der Waals surface area contributed by atoms with Crippen LogP contribution in [0.5, 0.6) is 0 Å². The molecule has 0 aromatic carbocycles. The molecule has 4 heteroatoms. The van der Waals surface area contributed by atoms with Crippen LogP contribution in [0, 0.1) is 0 Å². The van der Waals surface area contributed by atoms with E-state index in [1.54, 1.807) is 6.20 Å². The molecule has 2 rings (SSSR count). The molecule has 82 valence electrons. The lowest BCUT2D eigenvalue weighted by Gasteiger charge is -2.38. The lowest BCUT2D eigenvalue weighted by Crippen LogP contribution is -2.42. The maximum Gasteiger partial charge on any atom is 0.0606 e. The van der Waals surface area contributed by atoms with Crippen LogP contribution in [0.4, 0.5) is 11.4 Å². The molecule has 0 radical (unpaired) electrons. The van der Waals surface area contributed by atoms with E-state index < -0.39 is 0 Å². The first-order valence-corrected chi connectivity index (χ1v) is 5.39. The molecular formula is C11H17N3O. The summed E-state index contributed by atoms with van der Waals surface area (Å²) in [5.74, 6) is 0. The topological polar surface area (TPSA) is 62.4 Å². The normalized spacial score (nSPS) is 16.1. The molecule has 0 amide bonds. The zero-order chi connectivity index (χ0) is 10.7. The second-order valence-electron chi connectivity index (χ2n) is 3.98. The van der Waals surface area contributed by atoms with E-state index in [-0.39, 0.29) is 6.61 Å². The lowest BCUT2D eigenvalue weighted by molar-refractivity contribution is 0.283. The highest BCUT2D eigenvalue weighted by molar-refractivity contribution is 5.54. The summed E-state index contributed by atoms with van der Waals surface area (Å²) in [4.78, 5) is 6.28. The molecule has 1 aromatic heterocycles. The summed E-state index contributed by atoms with van der Waals surface area (Å²) in [7, 11) is 0. The van der Waals surface area contributed by atoms with Gasteiger partial charge in [0, 0.05) is 18.8 Å². The molecule has 3 N–H and O–H groups in total. The molecule has 0 spiro atoms. The fourth-order valence-electron chi connectivity index (χ4n) is 1.93. The molecule has 0 atom stereocenters. The van der Waals surface area contributed by atoms with Gasteiger partial charge in [0.25, 0.3) is 0 Å². The minimum Gasteiger partial charge on any atom is -0.397 e. The number of hydrogen-bond acceptors (Lipinski definition) is 4. The molecule has 1 heterocycles. The summed E-state index contributed by atoms with van der Waals surface area (Å²) < 4.78 is 0. The minimum atomic E-state index is 0.172. The number of nitrogens with two attached hydrogens (primary N) is 1. The highest BCUT2D eigenvalue weighted by Gasteiger charge is 2.24. The first-order valence-electron chi connectivity index (χ1n) is 5.39. The van der Waals surface area contributed by atoms with Gasteiger partial charge in [0.05, 0.1) is 24.2 Å². The van der Waals surface area contributed by atoms with Crippen LogP contribution in [0.25, 0.3) is 0 Å². The van der Waals surface area contributed by atoms with Gasteiger partial charge >= 0.3 is 0 Å². The van der Waals surface area contributed by atoms with Crippen molar-refractivity contribution < 1.29 is 5.11 Å². The Labute approximate surface area is 89.7 Å². The number of nitrogen functional groups attached to an aromatic ring is 1. The first-order chi connectivity index (χ1) is 7.31. The van der Waals surface area contributed by atoms with Gasteiger partial charge in [-0.3, -0.25) is 4.98 Å². The maximum absolute atomic E-state index is 9.04. The highest BCUT2D eigenvalue weighted by atomic mass is 16.3. The molecule has 0 aliphatic heterocycles. The standard InChI is InChI=1S/C11H17N3O/c12-9-6-11(8-13-7-9)14(4-5-15)10-2-1-3-10/h6-8,10,15H,1-5,12H2. The van der Waals surface area contributed by atoms with Gasteiger partial charge in [-0.25, -0.2) is 0 Å². The molecule has 0 unspecified atom stereocenters. The van der Waals surface area contributed by atoms with E-state index in [0.29, 0.717) is 18.3 Å². The molecule has 1 aliphatic rings. The van der Waals surface area contributed by atoms with Gasteiger partial charge in [0.2, 0.25) is 0 Å². The van der Waals surface area contributed by atoms with Crippen LogP contribution in [0.3, 0.4) is 0 Å². The zero-order valence-corrected chi connectivity index (χ0v) is 8.76. The Morgan fingerprint density at radius 2 is 2.27 bits per heavy atom. The number of hydrogen-bond donors (Lipinski definition) is 2. The van der Waals surface area contributed by atoms with E-state index in [1.807, 2.05) is 12.3 Å². The number of pyridine rings is 1. The Balaban J connectivity index is 2.15. The van der Waals surface area contributed by atoms with Crippen LogP contribution in [-0.2, 0) is 0 Å². The van der Waals surface area contributed by atoms with E-state index in [4.69, 9.17) is 10.8 Å². The third-order valence-electron chi connectivity index (χ3n) is 2.93. The van der Waals surface area contributed by atoms with Gasteiger partial charge in [0.1, 0.15) is 0 Å². The number of aliphatic hydroxyl groups excluding tert-OH is 1. The van der Waals surface area contributed by atoms with Gasteiger partial charge in [0.15, 0.2) is 0 Å². The summed E-state index contributed by atoms with van der Waals surface area (Å²) in [5, 5.41) is 9.04. The smallest absolute Gasteiger partial charge is 0.0606 e. The van der Waals surface area contributed by atoms with E-state index in [9.17, 15) is 0 Å². The Kier molecular flexibility index (Phi) is 3.06. The van der Waals surface area contributed by atoms with Crippen molar-refractivity contribution in [3.8, 4) is 0 Å². The van der Waals surface area contributed by atoms with E-state index in [1.165, 1.54) is 19.3 Å². The second kappa shape index (κ2) is 4.49. The molecule has 0 saturated heterocycles. The molecular weight excluding hydrogens is 190 g/mol. The largest absolute Gasteiger partial charge is 0.397 e. The van der Waals surface area contributed by atoms with Gasteiger partial charge in [-0.2, -0.15) is 0 Å². The third-order valence-corrected chi connectivity index (χ3v) is 2.93. The average molecular weight is 207 g/mol. The summed E-state index contributed by atoms with van der Waals surface area (Å²) in [5.41, 5.74) is 7.40. The number of rotatable bonds is 4. The Hall–Kier alpha value is -1.29. The Morgan fingerprint density at radius 1 is 1.47 bits per heavy atom. The van der Waals surface area contributed by atoms with Crippen molar-refractivity contribution in [1.29, 1.82) is 0 Å². The first kappa shape index (κ1) is 10.2. The summed E-state index contributed by atoms with van der Waals surface area (Å²) in [6.45, 7) is 0.834. The monoisotopic (exact) mass is 207 g/mol. The van der Waals surface area contributed by atoms with Crippen molar-refractivity contribution >= 4 is 11.4 Å². The fraction of sp³-hybridized carbons (Fsp3) is 0.545. The Morgan fingerprint density at radius 3 is 2.80 bits per heavy atom. The van der Waals surface area contributed by atoms with Crippen LogP contribution in [0.1, 0.15) is 19.3 Å². The van der Waals surface area contributed by atoms with Gasteiger partial charge in [-0.1, -0.05) is 0 Å².